The van der Waals surface area contributed by atoms with E-state index in [1.54, 1.807) is 11.8 Å². The summed E-state index contributed by atoms with van der Waals surface area (Å²) in [5.74, 6) is 4.87. The molecule has 2 unspecified atom stereocenters. The lowest BCUT2D eigenvalue weighted by atomic mass is 9.79. The molecule has 0 bridgehead atoms. The maximum absolute atomic E-state index is 13.1. The van der Waals surface area contributed by atoms with Gasteiger partial charge in [0, 0.05) is 12.5 Å². The largest absolute Gasteiger partial charge is 0.456 e. The van der Waals surface area contributed by atoms with Gasteiger partial charge < -0.3 is 20.1 Å². The number of nitrogens with zero attached hydrogens (tertiary/aromatic N) is 1. The first kappa shape index (κ1) is 25.3. The topological polar surface area (TPSA) is 81.9 Å². The van der Waals surface area contributed by atoms with Crippen LogP contribution >= 0.6 is 0 Å². The summed E-state index contributed by atoms with van der Waals surface area (Å²) in [6, 6.07) is 17.8. The van der Waals surface area contributed by atoms with E-state index in [9.17, 15) is 9.59 Å². The predicted molar refractivity (Wildman–Crippen MR) is 133 cm³/mol. The molecule has 34 heavy (non-hydrogen) atoms. The maximum atomic E-state index is 13.1. The standard InChI is InChI=1S/C28H34N2O4/c1-5-33-25(31)15-17-28(29)16-10-18-30(26(32)34-27(2,3)4)24(28)20-21-11-9-14-23(19-21)22-12-7-6-8-13-22/h6-9,11-14,19,24H,5,10,16,18,20,29H2,1-4H3. The summed E-state index contributed by atoms with van der Waals surface area (Å²) in [7, 11) is 0. The fraction of sp³-hybridized carbons (Fsp3) is 0.429. The van der Waals surface area contributed by atoms with Crippen LogP contribution in [0.15, 0.2) is 54.6 Å². The highest BCUT2D eigenvalue weighted by Gasteiger charge is 2.44. The molecule has 0 aromatic heterocycles. The Morgan fingerprint density at radius 1 is 1.12 bits per heavy atom. The van der Waals surface area contributed by atoms with Crippen molar-refractivity contribution in [2.75, 3.05) is 13.2 Å². The molecule has 0 spiro atoms. The van der Waals surface area contributed by atoms with Crippen LogP contribution < -0.4 is 5.73 Å². The Hall–Kier alpha value is -3.30. The maximum Gasteiger partial charge on any atom is 0.410 e. The fourth-order valence-corrected chi connectivity index (χ4v) is 4.19. The summed E-state index contributed by atoms with van der Waals surface area (Å²) in [6.45, 7) is 7.99. The Morgan fingerprint density at radius 2 is 1.82 bits per heavy atom. The summed E-state index contributed by atoms with van der Waals surface area (Å²) in [5.41, 5.74) is 8.30. The van der Waals surface area contributed by atoms with Gasteiger partial charge in [0.25, 0.3) is 0 Å². The minimum absolute atomic E-state index is 0.241. The Kier molecular flexibility index (Phi) is 8.01. The number of ether oxygens (including phenoxy) is 2. The summed E-state index contributed by atoms with van der Waals surface area (Å²) in [6.07, 6.45) is 1.27. The first-order valence-corrected chi connectivity index (χ1v) is 11.7. The number of nitrogens with two attached hydrogens (primary N) is 1. The summed E-state index contributed by atoms with van der Waals surface area (Å²) in [5, 5.41) is 0. The van der Waals surface area contributed by atoms with Gasteiger partial charge in [-0.2, -0.15) is 0 Å². The van der Waals surface area contributed by atoms with Gasteiger partial charge in [-0.25, -0.2) is 9.59 Å². The number of rotatable bonds is 4. The molecule has 3 rings (SSSR count). The lowest BCUT2D eigenvalue weighted by molar-refractivity contribution is -0.136. The molecule has 6 heteroatoms. The highest BCUT2D eigenvalue weighted by Crippen LogP contribution is 2.31. The number of hydrogen-bond acceptors (Lipinski definition) is 5. The van der Waals surface area contributed by atoms with Crippen molar-refractivity contribution in [3.8, 4) is 23.0 Å². The normalized spacial score (nSPS) is 20.1. The van der Waals surface area contributed by atoms with Crippen LogP contribution in [0.5, 0.6) is 0 Å². The van der Waals surface area contributed by atoms with Crippen molar-refractivity contribution < 1.29 is 19.1 Å². The molecule has 1 amide bonds. The Balaban J connectivity index is 1.96. The number of piperidine rings is 1. The van der Waals surface area contributed by atoms with Crippen molar-refractivity contribution in [2.24, 2.45) is 5.73 Å². The number of amides is 1. The molecular weight excluding hydrogens is 428 g/mol. The van der Waals surface area contributed by atoms with Gasteiger partial charge in [-0.3, -0.25) is 0 Å². The molecule has 1 saturated heterocycles. The third-order valence-electron chi connectivity index (χ3n) is 5.72. The second-order valence-corrected chi connectivity index (χ2v) is 9.57. The van der Waals surface area contributed by atoms with E-state index in [-0.39, 0.29) is 6.61 Å². The third kappa shape index (κ3) is 6.61. The molecule has 2 atom stereocenters. The molecule has 2 aromatic rings. The van der Waals surface area contributed by atoms with Gasteiger partial charge in [0.2, 0.25) is 0 Å². The van der Waals surface area contributed by atoms with Crippen molar-refractivity contribution in [3.05, 3.63) is 60.2 Å². The van der Waals surface area contributed by atoms with Crippen molar-refractivity contribution in [1.29, 1.82) is 0 Å². The lowest BCUT2D eigenvalue weighted by Gasteiger charge is -2.45. The molecule has 1 aliphatic rings. The van der Waals surface area contributed by atoms with Gasteiger partial charge in [-0.05, 0) is 63.6 Å². The molecule has 1 fully saturated rings. The molecule has 0 saturated carbocycles. The van der Waals surface area contributed by atoms with Crippen LogP contribution in [0.2, 0.25) is 0 Å². The van der Waals surface area contributed by atoms with E-state index < -0.39 is 29.2 Å². The molecule has 180 valence electrons. The quantitative estimate of drug-likeness (QED) is 0.409. The molecule has 2 aromatic carbocycles. The molecule has 2 N–H and O–H groups in total. The Labute approximate surface area is 202 Å². The van der Waals surface area contributed by atoms with E-state index in [1.165, 1.54) is 0 Å². The second-order valence-electron chi connectivity index (χ2n) is 9.57. The van der Waals surface area contributed by atoms with Gasteiger partial charge in [-0.1, -0.05) is 60.5 Å². The first-order chi connectivity index (χ1) is 16.1. The third-order valence-corrected chi connectivity index (χ3v) is 5.72. The Bertz CT molecular complexity index is 1070. The van der Waals surface area contributed by atoms with Crippen LogP contribution in [0.25, 0.3) is 11.1 Å². The number of esters is 1. The van der Waals surface area contributed by atoms with Gasteiger partial charge in [0.15, 0.2) is 0 Å². The van der Waals surface area contributed by atoms with Crippen molar-refractivity contribution in [3.63, 3.8) is 0 Å². The molecular formula is C28H34N2O4. The Morgan fingerprint density at radius 3 is 2.50 bits per heavy atom. The van der Waals surface area contributed by atoms with E-state index in [2.05, 4.69) is 36.1 Å². The highest BCUT2D eigenvalue weighted by molar-refractivity contribution is 5.88. The molecule has 1 aliphatic heterocycles. The van der Waals surface area contributed by atoms with Gasteiger partial charge in [0.1, 0.15) is 5.60 Å². The van der Waals surface area contributed by atoms with Gasteiger partial charge in [-0.15, -0.1) is 0 Å². The van der Waals surface area contributed by atoms with Crippen LogP contribution in [0.3, 0.4) is 0 Å². The van der Waals surface area contributed by atoms with E-state index in [0.29, 0.717) is 25.8 Å². The summed E-state index contributed by atoms with van der Waals surface area (Å²) < 4.78 is 10.7. The van der Waals surface area contributed by atoms with Crippen LogP contribution in [0.1, 0.15) is 46.1 Å². The van der Waals surface area contributed by atoms with Crippen molar-refractivity contribution in [2.45, 2.75) is 64.1 Å². The zero-order valence-electron chi connectivity index (χ0n) is 20.5. The van der Waals surface area contributed by atoms with E-state index in [1.807, 2.05) is 51.1 Å². The smallest absolute Gasteiger partial charge is 0.410 e. The summed E-state index contributed by atoms with van der Waals surface area (Å²) in [4.78, 5) is 26.8. The van der Waals surface area contributed by atoms with Crippen LogP contribution in [-0.2, 0) is 20.7 Å². The zero-order chi connectivity index (χ0) is 24.8. The minimum Gasteiger partial charge on any atom is -0.456 e. The first-order valence-electron chi connectivity index (χ1n) is 11.7. The lowest BCUT2D eigenvalue weighted by Crippen LogP contribution is -2.64. The van der Waals surface area contributed by atoms with Crippen LogP contribution in [-0.4, -0.2) is 47.3 Å². The second kappa shape index (κ2) is 10.8. The van der Waals surface area contributed by atoms with E-state index in [4.69, 9.17) is 15.2 Å². The number of carbonyl (C=O) groups excluding carboxylic acids is 2. The van der Waals surface area contributed by atoms with Gasteiger partial charge in [0.05, 0.1) is 18.2 Å². The molecule has 6 nitrogen and oxygen atoms in total. The monoisotopic (exact) mass is 462 g/mol. The van der Waals surface area contributed by atoms with Gasteiger partial charge >= 0.3 is 12.1 Å². The van der Waals surface area contributed by atoms with Crippen LogP contribution in [0, 0.1) is 11.8 Å². The minimum atomic E-state index is -1.08. The SMILES string of the molecule is CCOC(=O)C#CC1(N)CCCN(C(=O)OC(C)(C)C)C1Cc1cccc(-c2ccccc2)c1. The molecule has 0 radical (unpaired) electrons. The summed E-state index contributed by atoms with van der Waals surface area (Å²) >= 11 is 0. The predicted octanol–water partition coefficient (Wildman–Crippen LogP) is 4.56. The fourth-order valence-electron chi connectivity index (χ4n) is 4.19. The number of carbonyl (C=O) groups is 2. The van der Waals surface area contributed by atoms with Crippen molar-refractivity contribution in [1.82, 2.24) is 4.90 Å². The molecule has 0 aliphatic carbocycles. The molecule has 1 heterocycles. The van der Waals surface area contributed by atoms with E-state index in [0.717, 1.165) is 16.7 Å². The number of hydrogen-bond donors (Lipinski definition) is 1. The highest BCUT2D eigenvalue weighted by atomic mass is 16.6. The van der Waals surface area contributed by atoms with Crippen LogP contribution in [0.4, 0.5) is 4.79 Å². The number of likely N-dealkylation sites (tertiary alicyclic amines) is 1. The zero-order valence-corrected chi connectivity index (χ0v) is 20.5. The average molecular weight is 463 g/mol. The van der Waals surface area contributed by atoms with E-state index >= 15 is 0 Å². The average Bonchev–Trinajstić information content (AvgIpc) is 2.79. The van der Waals surface area contributed by atoms with Crippen molar-refractivity contribution >= 4 is 12.1 Å². The number of benzene rings is 2.